The number of hydrogen-bond donors (Lipinski definition) is 0. The molecule has 0 atom stereocenters. The van der Waals surface area contributed by atoms with Crippen LogP contribution in [0.5, 0.6) is 0 Å². The maximum absolute atomic E-state index is 10.7. The van der Waals surface area contributed by atoms with Gasteiger partial charge in [0.05, 0.1) is 0 Å². The second-order valence-corrected chi connectivity index (χ2v) is 6.36. The van der Waals surface area contributed by atoms with Crippen LogP contribution in [-0.2, 0) is 11.2 Å². The fraction of sp³-hybridized carbons (Fsp3) is 0.500. The molecular formula is C14H18Cl2OS. The molecule has 1 rings (SSSR count). The zero-order valence-corrected chi connectivity index (χ0v) is 12.9. The van der Waals surface area contributed by atoms with Gasteiger partial charge in [0.15, 0.2) is 5.12 Å². The fourth-order valence-electron chi connectivity index (χ4n) is 1.71. The zero-order valence-electron chi connectivity index (χ0n) is 10.5. The van der Waals surface area contributed by atoms with Gasteiger partial charge in [-0.2, -0.15) is 0 Å². The predicted molar refractivity (Wildman–Crippen MR) is 81.8 cm³/mol. The molecule has 0 aliphatic heterocycles. The average Bonchev–Trinajstić information content (AvgIpc) is 2.30. The first-order chi connectivity index (χ1) is 8.59. The van der Waals surface area contributed by atoms with Crippen LogP contribution in [0.25, 0.3) is 0 Å². The van der Waals surface area contributed by atoms with Crippen molar-refractivity contribution in [3.63, 3.8) is 0 Å². The largest absolute Gasteiger partial charge is 0.288 e. The lowest BCUT2D eigenvalue weighted by molar-refractivity contribution is -0.109. The van der Waals surface area contributed by atoms with Gasteiger partial charge < -0.3 is 0 Å². The third-order valence-electron chi connectivity index (χ3n) is 2.66. The van der Waals surface area contributed by atoms with Crippen molar-refractivity contribution < 1.29 is 4.79 Å². The van der Waals surface area contributed by atoms with Gasteiger partial charge in [-0.1, -0.05) is 53.9 Å². The van der Waals surface area contributed by atoms with E-state index in [0.717, 1.165) is 30.0 Å². The molecule has 0 amide bonds. The van der Waals surface area contributed by atoms with Gasteiger partial charge in [-0.05, 0) is 37.0 Å². The van der Waals surface area contributed by atoms with E-state index in [0.29, 0.717) is 5.02 Å². The molecule has 0 spiro atoms. The Balaban J connectivity index is 2.12. The smallest absolute Gasteiger partial charge is 0.185 e. The number of unbranched alkanes of at least 4 members (excludes halogenated alkanes) is 3. The van der Waals surface area contributed by atoms with Crippen LogP contribution >= 0.6 is 35.0 Å². The normalized spacial score (nSPS) is 10.6. The maximum Gasteiger partial charge on any atom is 0.185 e. The van der Waals surface area contributed by atoms with Crippen LogP contribution in [0.15, 0.2) is 18.2 Å². The molecular weight excluding hydrogens is 287 g/mol. The van der Waals surface area contributed by atoms with Crippen LogP contribution in [-0.4, -0.2) is 10.9 Å². The van der Waals surface area contributed by atoms with Crippen molar-refractivity contribution in [1.29, 1.82) is 0 Å². The summed E-state index contributed by atoms with van der Waals surface area (Å²) in [5.41, 5.74) is 1.17. The molecule has 0 bridgehead atoms. The van der Waals surface area contributed by atoms with E-state index in [1.54, 1.807) is 13.0 Å². The Morgan fingerprint density at radius 2 is 1.89 bits per heavy atom. The first kappa shape index (κ1) is 15.9. The molecule has 0 fully saturated rings. The second-order valence-electron chi connectivity index (χ2n) is 4.24. The number of aryl methyl sites for hydroxylation is 1. The molecule has 0 radical (unpaired) electrons. The van der Waals surface area contributed by atoms with E-state index in [2.05, 4.69) is 0 Å². The molecule has 1 aromatic carbocycles. The predicted octanol–water partition coefficient (Wildman–Crippen LogP) is 5.38. The van der Waals surface area contributed by atoms with Crippen molar-refractivity contribution in [2.75, 3.05) is 5.75 Å². The highest BCUT2D eigenvalue weighted by atomic mass is 35.5. The second kappa shape index (κ2) is 8.84. The number of thioether (sulfide) groups is 1. The summed E-state index contributed by atoms with van der Waals surface area (Å²) in [6.07, 6.45) is 5.59. The number of carbonyl (C=O) groups excluding carboxylic acids is 1. The SMILES string of the molecule is CC(=O)SCCCCCCc1ccc(Cl)cc1Cl. The van der Waals surface area contributed by atoms with Crippen molar-refractivity contribution in [3.8, 4) is 0 Å². The highest BCUT2D eigenvalue weighted by Gasteiger charge is 2.01. The number of carbonyl (C=O) groups is 1. The summed E-state index contributed by atoms with van der Waals surface area (Å²) in [5.74, 6) is 0.942. The van der Waals surface area contributed by atoms with Gasteiger partial charge in [0.1, 0.15) is 0 Å². The number of rotatable bonds is 7. The van der Waals surface area contributed by atoms with Crippen molar-refractivity contribution in [2.45, 2.75) is 39.0 Å². The molecule has 0 unspecified atom stereocenters. The topological polar surface area (TPSA) is 17.1 Å². The molecule has 0 aliphatic rings. The van der Waals surface area contributed by atoms with E-state index >= 15 is 0 Å². The highest BCUT2D eigenvalue weighted by Crippen LogP contribution is 2.22. The van der Waals surface area contributed by atoms with Crippen LogP contribution < -0.4 is 0 Å². The quantitative estimate of drug-likeness (QED) is 0.629. The maximum atomic E-state index is 10.7. The van der Waals surface area contributed by atoms with E-state index in [9.17, 15) is 4.79 Å². The highest BCUT2D eigenvalue weighted by molar-refractivity contribution is 8.13. The summed E-state index contributed by atoms with van der Waals surface area (Å²) in [4.78, 5) is 10.7. The number of hydrogen-bond acceptors (Lipinski definition) is 2. The Kier molecular flexibility index (Phi) is 7.80. The standard InChI is InChI=1S/C14H18Cl2OS/c1-11(17)18-9-5-3-2-4-6-12-7-8-13(15)10-14(12)16/h7-8,10H,2-6,9H2,1H3. The first-order valence-corrected chi connectivity index (χ1v) is 7.91. The van der Waals surface area contributed by atoms with Crippen LogP contribution in [0.3, 0.4) is 0 Å². The lowest BCUT2D eigenvalue weighted by atomic mass is 10.1. The Hall–Kier alpha value is -0.180. The monoisotopic (exact) mass is 304 g/mol. The molecule has 18 heavy (non-hydrogen) atoms. The Bertz CT molecular complexity index is 393. The minimum atomic E-state index is 0.211. The van der Waals surface area contributed by atoms with Gasteiger partial charge in [0.2, 0.25) is 0 Å². The summed E-state index contributed by atoms with van der Waals surface area (Å²) in [5, 5.41) is 1.66. The Labute approximate surface area is 123 Å². The molecule has 0 saturated heterocycles. The van der Waals surface area contributed by atoms with Gasteiger partial charge in [0, 0.05) is 22.7 Å². The fourth-order valence-corrected chi connectivity index (χ4v) is 2.85. The summed E-state index contributed by atoms with van der Waals surface area (Å²) in [7, 11) is 0. The molecule has 1 aromatic rings. The molecule has 0 saturated carbocycles. The van der Waals surface area contributed by atoms with Gasteiger partial charge in [-0.25, -0.2) is 0 Å². The first-order valence-electron chi connectivity index (χ1n) is 6.17. The lowest BCUT2D eigenvalue weighted by Gasteiger charge is -2.04. The van der Waals surface area contributed by atoms with Crippen molar-refractivity contribution in [3.05, 3.63) is 33.8 Å². The third kappa shape index (κ3) is 6.67. The number of benzene rings is 1. The van der Waals surface area contributed by atoms with Crippen LogP contribution in [0.4, 0.5) is 0 Å². The minimum absolute atomic E-state index is 0.211. The van der Waals surface area contributed by atoms with Gasteiger partial charge in [-0.3, -0.25) is 4.79 Å². The molecule has 1 nitrogen and oxygen atoms in total. The molecule has 4 heteroatoms. The third-order valence-corrected chi connectivity index (χ3v) is 4.15. The van der Waals surface area contributed by atoms with E-state index in [4.69, 9.17) is 23.2 Å². The lowest BCUT2D eigenvalue weighted by Crippen LogP contribution is -1.90. The van der Waals surface area contributed by atoms with Gasteiger partial charge in [0.25, 0.3) is 0 Å². The minimum Gasteiger partial charge on any atom is -0.288 e. The van der Waals surface area contributed by atoms with E-state index in [1.807, 2.05) is 12.1 Å². The van der Waals surface area contributed by atoms with Crippen LogP contribution in [0.1, 0.15) is 38.2 Å². The van der Waals surface area contributed by atoms with Gasteiger partial charge in [-0.15, -0.1) is 0 Å². The van der Waals surface area contributed by atoms with Crippen LogP contribution in [0.2, 0.25) is 10.0 Å². The number of halogens is 2. The summed E-state index contributed by atoms with van der Waals surface area (Å²) in [6.45, 7) is 1.62. The van der Waals surface area contributed by atoms with E-state index < -0.39 is 0 Å². The summed E-state index contributed by atoms with van der Waals surface area (Å²) in [6, 6.07) is 5.67. The summed E-state index contributed by atoms with van der Waals surface area (Å²) < 4.78 is 0. The van der Waals surface area contributed by atoms with Crippen molar-refractivity contribution >= 4 is 40.1 Å². The van der Waals surface area contributed by atoms with Crippen molar-refractivity contribution in [2.24, 2.45) is 0 Å². The van der Waals surface area contributed by atoms with Crippen LogP contribution in [0, 0.1) is 0 Å². The van der Waals surface area contributed by atoms with Gasteiger partial charge >= 0.3 is 0 Å². The van der Waals surface area contributed by atoms with E-state index in [1.165, 1.54) is 30.2 Å². The molecule has 0 N–H and O–H groups in total. The Morgan fingerprint density at radius 1 is 1.17 bits per heavy atom. The summed E-state index contributed by atoms with van der Waals surface area (Å²) >= 11 is 13.4. The average molecular weight is 305 g/mol. The van der Waals surface area contributed by atoms with Crippen molar-refractivity contribution in [1.82, 2.24) is 0 Å². The zero-order chi connectivity index (χ0) is 13.4. The molecule has 100 valence electrons. The molecule has 0 aromatic heterocycles. The molecule has 0 heterocycles. The Morgan fingerprint density at radius 3 is 2.56 bits per heavy atom. The van der Waals surface area contributed by atoms with E-state index in [-0.39, 0.29) is 5.12 Å². The molecule has 0 aliphatic carbocycles.